The molecule has 2 aromatic rings. The molecule has 2 rings (SSSR count). The zero-order valence-corrected chi connectivity index (χ0v) is 12.9. The van der Waals surface area contributed by atoms with Crippen molar-refractivity contribution in [2.45, 2.75) is 53.1 Å². The molecular weight excluding hydrogens is 270 g/mol. The lowest BCUT2D eigenvalue weighted by Gasteiger charge is -2.14. The molecule has 0 unspecified atom stereocenters. The summed E-state index contributed by atoms with van der Waals surface area (Å²) in [4.78, 5) is 16.4. The summed E-state index contributed by atoms with van der Waals surface area (Å²) in [6.45, 7) is 8.41. The van der Waals surface area contributed by atoms with Crippen LogP contribution < -0.4 is 5.32 Å². The van der Waals surface area contributed by atoms with E-state index < -0.39 is 0 Å². The first-order valence-corrected chi connectivity index (χ1v) is 7.11. The summed E-state index contributed by atoms with van der Waals surface area (Å²) >= 11 is 0. The third-order valence-corrected chi connectivity index (χ3v) is 3.36. The second-order valence-corrected chi connectivity index (χ2v) is 5.11. The topological polar surface area (TPSA) is 85.8 Å². The van der Waals surface area contributed by atoms with Gasteiger partial charge in [-0.15, -0.1) is 0 Å². The second kappa shape index (κ2) is 6.51. The molecule has 1 atom stereocenters. The summed E-state index contributed by atoms with van der Waals surface area (Å²) < 4.78 is 6.89. The number of hydrogen-bond acceptors (Lipinski definition) is 5. The van der Waals surface area contributed by atoms with Gasteiger partial charge in [-0.3, -0.25) is 4.79 Å². The summed E-state index contributed by atoms with van der Waals surface area (Å²) in [5.74, 6) is 1.37. The minimum Gasteiger partial charge on any atom is -0.361 e. The predicted molar refractivity (Wildman–Crippen MR) is 76.6 cm³/mol. The van der Waals surface area contributed by atoms with Crippen molar-refractivity contribution in [3.05, 3.63) is 29.2 Å². The van der Waals surface area contributed by atoms with Crippen LogP contribution in [0.5, 0.6) is 0 Å². The van der Waals surface area contributed by atoms with Gasteiger partial charge in [0.25, 0.3) is 0 Å². The van der Waals surface area contributed by atoms with Crippen molar-refractivity contribution in [1.29, 1.82) is 0 Å². The van der Waals surface area contributed by atoms with Gasteiger partial charge in [-0.25, -0.2) is 9.67 Å². The fourth-order valence-electron chi connectivity index (χ4n) is 2.26. The number of carbonyl (C=O) groups excluding carboxylic acids is 1. The van der Waals surface area contributed by atoms with Crippen LogP contribution >= 0.6 is 0 Å². The highest BCUT2D eigenvalue weighted by molar-refractivity contribution is 5.79. The van der Waals surface area contributed by atoms with Crippen LogP contribution in [0.25, 0.3) is 0 Å². The van der Waals surface area contributed by atoms with E-state index >= 15 is 0 Å². The highest BCUT2D eigenvalue weighted by Crippen LogP contribution is 2.14. The van der Waals surface area contributed by atoms with Crippen LogP contribution in [0.2, 0.25) is 0 Å². The van der Waals surface area contributed by atoms with Crippen molar-refractivity contribution in [2.75, 3.05) is 0 Å². The molecule has 0 aliphatic carbocycles. The molecule has 0 spiro atoms. The van der Waals surface area contributed by atoms with Gasteiger partial charge in [0.15, 0.2) is 0 Å². The summed E-state index contributed by atoms with van der Waals surface area (Å²) in [7, 11) is 0. The Balaban J connectivity index is 2.00. The Morgan fingerprint density at radius 2 is 2.24 bits per heavy atom. The highest BCUT2D eigenvalue weighted by atomic mass is 16.5. The Hall–Kier alpha value is -2.18. The molecule has 0 aliphatic heterocycles. The van der Waals surface area contributed by atoms with Gasteiger partial charge in [-0.2, -0.15) is 5.10 Å². The molecule has 7 nitrogen and oxygen atoms in total. The van der Waals surface area contributed by atoms with Gasteiger partial charge >= 0.3 is 0 Å². The van der Waals surface area contributed by atoms with E-state index in [-0.39, 0.29) is 18.4 Å². The number of nitrogens with one attached hydrogen (secondary N) is 1. The molecule has 0 radical (unpaired) electrons. The Labute approximate surface area is 123 Å². The quantitative estimate of drug-likeness (QED) is 0.875. The van der Waals surface area contributed by atoms with Gasteiger partial charge in [0.1, 0.15) is 17.9 Å². The maximum atomic E-state index is 12.2. The standard InChI is InChI=1S/C14H21N5O2/c1-5-6-19-14(15-8-16-19)10(3)17-13(20)7-12-9(2)18-21-11(12)4/h8,10H,5-7H2,1-4H3,(H,17,20)/t10-/m1/s1. The van der Waals surface area contributed by atoms with Crippen molar-refractivity contribution in [1.82, 2.24) is 25.2 Å². The van der Waals surface area contributed by atoms with Gasteiger partial charge in [0, 0.05) is 12.1 Å². The molecule has 21 heavy (non-hydrogen) atoms. The van der Waals surface area contributed by atoms with Crippen LogP contribution in [0, 0.1) is 13.8 Å². The number of aryl methyl sites for hydroxylation is 3. The van der Waals surface area contributed by atoms with Crippen LogP contribution in [0.15, 0.2) is 10.9 Å². The average Bonchev–Trinajstić information content (AvgIpc) is 3.01. The summed E-state index contributed by atoms with van der Waals surface area (Å²) in [6.07, 6.45) is 2.74. The average molecular weight is 291 g/mol. The van der Waals surface area contributed by atoms with Gasteiger partial charge in [0.2, 0.25) is 5.91 Å². The molecular formula is C14H21N5O2. The van der Waals surface area contributed by atoms with Crippen LogP contribution in [0.3, 0.4) is 0 Å². The summed E-state index contributed by atoms with van der Waals surface area (Å²) in [5, 5.41) is 11.0. The number of rotatable bonds is 6. The second-order valence-electron chi connectivity index (χ2n) is 5.11. The maximum Gasteiger partial charge on any atom is 0.225 e. The SMILES string of the molecule is CCCn1ncnc1[C@@H](C)NC(=O)Cc1c(C)noc1C. The Morgan fingerprint density at radius 1 is 1.48 bits per heavy atom. The van der Waals surface area contributed by atoms with E-state index in [0.29, 0.717) is 5.76 Å². The predicted octanol–water partition coefficient (Wildman–Crippen LogP) is 1.71. The fourth-order valence-corrected chi connectivity index (χ4v) is 2.26. The molecule has 7 heteroatoms. The van der Waals surface area contributed by atoms with E-state index in [4.69, 9.17) is 4.52 Å². The van der Waals surface area contributed by atoms with Crippen LogP contribution in [0.1, 0.15) is 49.2 Å². The number of aromatic nitrogens is 4. The molecule has 1 N–H and O–H groups in total. The lowest BCUT2D eigenvalue weighted by molar-refractivity contribution is -0.121. The molecule has 0 aromatic carbocycles. The molecule has 0 saturated heterocycles. The molecule has 0 saturated carbocycles. The molecule has 0 fully saturated rings. The normalized spacial score (nSPS) is 12.4. The third-order valence-electron chi connectivity index (χ3n) is 3.36. The van der Waals surface area contributed by atoms with Gasteiger partial charge in [-0.05, 0) is 27.2 Å². The van der Waals surface area contributed by atoms with Crippen LogP contribution in [-0.2, 0) is 17.8 Å². The molecule has 2 aromatic heterocycles. The van der Waals surface area contributed by atoms with Crippen molar-refractivity contribution >= 4 is 5.91 Å². The Bertz CT molecular complexity index is 597. The Morgan fingerprint density at radius 3 is 2.86 bits per heavy atom. The molecule has 0 bridgehead atoms. The molecule has 114 valence electrons. The van der Waals surface area contributed by atoms with Crippen molar-refractivity contribution in [3.8, 4) is 0 Å². The summed E-state index contributed by atoms with van der Waals surface area (Å²) in [6, 6.07) is -0.188. The highest BCUT2D eigenvalue weighted by Gasteiger charge is 2.18. The fraction of sp³-hybridized carbons (Fsp3) is 0.571. The number of nitrogens with zero attached hydrogens (tertiary/aromatic N) is 4. The van der Waals surface area contributed by atoms with E-state index in [1.165, 1.54) is 6.33 Å². The Kier molecular flexibility index (Phi) is 4.72. The smallest absolute Gasteiger partial charge is 0.225 e. The van der Waals surface area contributed by atoms with Gasteiger partial charge in [0.05, 0.1) is 18.2 Å². The number of hydrogen-bond donors (Lipinski definition) is 1. The minimum atomic E-state index is -0.188. The minimum absolute atomic E-state index is 0.0806. The maximum absolute atomic E-state index is 12.2. The number of amides is 1. The van der Waals surface area contributed by atoms with E-state index in [1.54, 1.807) is 0 Å². The molecule has 1 amide bonds. The summed E-state index contributed by atoms with van der Waals surface area (Å²) in [5.41, 5.74) is 1.60. The van der Waals surface area contributed by atoms with Gasteiger partial charge in [-0.1, -0.05) is 12.1 Å². The van der Waals surface area contributed by atoms with E-state index in [0.717, 1.165) is 30.0 Å². The zero-order valence-electron chi connectivity index (χ0n) is 12.9. The van der Waals surface area contributed by atoms with Gasteiger partial charge < -0.3 is 9.84 Å². The number of carbonyl (C=O) groups is 1. The molecule has 0 aliphatic rings. The van der Waals surface area contributed by atoms with E-state index in [9.17, 15) is 4.79 Å². The van der Waals surface area contributed by atoms with E-state index in [1.807, 2.05) is 25.5 Å². The van der Waals surface area contributed by atoms with E-state index in [2.05, 4.69) is 27.5 Å². The lowest BCUT2D eigenvalue weighted by atomic mass is 10.1. The van der Waals surface area contributed by atoms with Crippen LogP contribution in [0.4, 0.5) is 0 Å². The third kappa shape index (κ3) is 3.48. The van der Waals surface area contributed by atoms with Crippen molar-refractivity contribution < 1.29 is 9.32 Å². The zero-order chi connectivity index (χ0) is 15.4. The first-order chi connectivity index (χ1) is 10.0. The molecule has 2 heterocycles. The van der Waals surface area contributed by atoms with Crippen LogP contribution in [-0.4, -0.2) is 25.8 Å². The van der Waals surface area contributed by atoms with Crippen molar-refractivity contribution in [3.63, 3.8) is 0 Å². The largest absolute Gasteiger partial charge is 0.361 e. The first-order valence-electron chi connectivity index (χ1n) is 7.11. The monoisotopic (exact) mass is 291 g/mol. The lowest BCUT2D eigenvalue weighted by Crippen LogP contribution is -2.30. The van der Waals surface area contributed by atoms with Crippen molar-refractivity contribution in [2.24, 2.45) is 0 Å². The first kappa shape index (κ1) is 15.2.